The van der Waals surface area contributed by atoms with Gasteiger partial charge in [0.25, 0.3) is 0 Å². The van der Waals surface area contributed by atoms with Crippen LogP contribution in [0, 0.1) is 6.57 Å². The molecule has 0 bridgehead atoms. The van der Waals surface area contributed by atoms with Crippen LogP contribution < -0.4 is 29.6 Å². The first-order valence-corrected chi connectivity index (χ1v) is 6.08. The molecule has 0 unspecified atom stereocenters. The van der Waals surface area contributed by atoms with Crippen LogP contribution in [0.2, 0.25) is 0 Å². The third kappa shape index (κ3) is 6.14. The number of rotatable bonds is 4. The summed E-state index contributed by atoms with van der Waals surface area (Å²) in [5, 5.41) is 0. The van der Waals surface area contributed by atoms with Crippen molar-refractivity contribution in [3.8, 4) is 0 Å². The van der Waals surface area contributed by atoms with Gasteiger partial charge in [-0.2, -0.15) is 0 Å². The Morgan fingerprint density at radius 2 is 1.89 bits per heavy atom. The fourth-order valence-corrected chi connectivity index (χ4v) is 1.28. The molecule has 90 valence electrons. The maximum Gasteiger partial charge on any atom is 1.00 e. The van der Waals surface area contributed by atoms with Gasteiger partial charge in [-0.3, -0.25) is 0 Å². The molecule has 0 heterocycles. The normalized spacial score (nSPS) is 10.0. The second-order valence-electron chi connectivity index (χ2n) is 3.06. The van der Waals surface area contributed by atoms with E-state index in [1.54, 1.807) is 0 Å². The van der Waals surface area contributed by atoms with Crippen molar-refractivity contribution in [3.05, 3.63) is 41.2 Å². The minimum atomic E-state index is -4.38. The minimum Gasteiger partial charge on any atom is -0.748 e. The molecule has 1 aromatic carbocycles. The van der Waals surface area contributed by atoms with Crippen LogP contribution in [0.25, 0.3) is 4.85 Å². The maximum absolute atomic E-state index is 11.3. The fraction of sp³-hybridized carbons (Fsp3) is 0.200. The van der Waals surface area contributed by atoms with Gasteiger partial charge < -0.3 is 9.29 Å². The molecule has 0 spiro atoms. The first-order valence-electron chi connectivity index (χ1n) is 4.50. The molecule has 0 amide bonds. The second-order valence-corrected chi connectivity index (χ2v) is 4.58. The molecule has 0 aliphatic carbocycles. The number of hydrogen-bond donors (Lipinski definition) is 0. The molecule has 0 fully saturated rings. The van der Waals surface area contributed by atoms with Crippen molar-refractivity contribution in [2.24, 2.45) is 0 Å². The van der Waals surface area contributed by atoms with Crippen molar-refractivity contribution < 1.29 is 52.1 Å². The van der Waals surface area contributed by atoms with E-state index in [1.807, 2.05) is 0 Å². The van der Waals surface area contributed by atoms with Gasteiger partial charge in [-0.1, -0.05) is 24.3 Å². The third-order valence-corrected chi connectivity index (χ3v) is 2.47. The van der Waals surface area contributed by atoms with E-state index in [2.05, 4.69) is 9.58 Å². The van der Waals surface area contributed by atoms with Gasteiger partial charge >= 0.3 is 35.5 Å². The van der Waals surface area contributed by atoms with Crippen LogP contribution in [-0.4, -0.2) is 31.3 Å². The summed E-state index contributed by atoms with van der Waals surface area (Å²) < 4.78 is 35.3. The Labute approximate surface area is 127 Å². The molecule has 0 saturated carbocycles. The van der Waals surface area contributed by atoms with Gasteiger partial charge in [-0.25, -0.2) is 18.1 Å². The molecule has 0 radical (unpaired) electrons. The van der Waals surface area contributed by atoms with E-state index in [0.29, 0.717) is 5.69 Å². The number of carbonyl (C=O) groups is 1. The van der Waals surface area contributed by atoms with Crippen molar-refractivity contribution in [1.29, 1.82) is 0 Å². The summed E-state index contributed by atoms with van der Waals surface area (Å²) in [4.78, 5) is 14.5. The predicted octanol–water partition coefficient (Wildman–Crippen LogP) is -2.06. The number of esters is 1. The topological polar surface area (TPSA) is 87.9 Å². The van der Waals surface area contributed by atoms with Crippen molar-refractivity contribution in [2.75, 3.05) is 12.4 Å². The van der Waals surface area contributed by atoms with Crippen LogP contribution in [0.3, 0.4) is 0 Å². The molecular formula is C10H8NNaO5S. The Hall–Kier alpha value is -0.910. The van der Waals surface area contributed by atoms with Crippen LogP contribution in [0.4, 0.5) is 5.69 Å². The van der Waals surface area contributed by atoms with E-state index in [1.165, 1.54) is 24.3 Å². The van der Waals surface area contributed by atoms with E-state index in [9.17, 15) is 17.8 Å². The van der Waals surface area contributed by atoms with Gasteiger partial charge in [0.05, 0.1) is 28.0 Å². The standard InChI is InChI=1S/C10H9NO5S.Na/c1-11-9-4-2-8(3-5-9)10(12)16-6-7-17(13,14)15;/h2-5H,6-7H2,(H,13,14,15);/q;+1/p-1. The van der Waals surface area contributed by atoms with Crippen LogP contribution in [0.5, 0.6) is 0 Å². The number of hydrogen-bond acceptors (Lipinski definition) is 5. The third-order valence-electron chi connectivity index (χ3n) is 1.80. The van der Waals surface area contributed by atoms with E-state index in [4.69, 9.17) is 6.57 Å². The Kier molecular flexibility index (Phi) is 7.13. The monoisotopic (exact) mass is 277 g/mol. The summed E-state index contributed by atoms with van der Waals surface area (Å²) in [7, 11) is -4.38. The van der Waals surface area contributed by atoms with Gasteiger partial charge in [0, 0.05) is 0 Å². The molecule has 0 aliphatic rings. The van der Waals surface area contributed by atoms with E-state index in [-0.39, 0.29) is 35.1 Å². The molecule has 0 N–H and O–H groups in total. The first-order chi connectivity index (χ1) is 7.92. The molecule has 0 aromatic heterocycles. The van der Waals surface area contributed by atoms with Crippen LogP contribution in [0.15, 0.2) is 24.3 Å². The SMILES string of the molecule is [C-]#[N+]c1ccc(C(=O)OCCS(=O)(=O)[O-])cc1.[Na+]. The van der Waals surface area contributed by atoms with Crippen molar-refractivity contribution in [1.82, 2.24) is 0 Å². The summed E-state index contributed by atoms with van der Waals surface area (Å²) in [6.07, 6.45) is 0. The fourth-order valence-electron chi connectivity index (χ4n) is 0.992. The summed E-state index contributed by atoms with van der Waals surface area (Å²) in [5.74, 6) is -1.48. The zero-order valence-corrected chi connectivity index (χ0v) is 12.4. The Balaban J connectivity index is 0.00000289. The van der Waals surface area contributed by atoms with Gasteiger partial charge in [-0.05, 0) is 0 Å². The predicted molar refractivity (Wildman–Crippen MR) is 57.6 cm³/mol. The molecule has 0 atom stereocenters. The molecule has 1 rings (SSSR count). The average molecular weight is 277 g/mol. The maximum atomic E-state index is 11.3. The van der Waals surface area contributed by atoms with Crippen molar-refractivity contribution in [3.63, 3.8) is 0 Å². The average Bonchev–Trinajstić information content (AvgIpc) is 2.27. The molecule has 18 heavy (non-hydrogen) atoms. The quantitative estimate of drug-likeness (QED) is 0.273. The van der Waals surface area contributed by atoms with Gasteiger partial charge in [0.15, 0.2) is 5.69 Å². The Morgan fingerprint density at radius 3 is 2.33 bits per heavy atom. The molecule has 1 aromatic rings. The summed E-state index contributed by atoms with van der Waals surface area (Å²) >= 11 is 0. The summed E-state index contributed by atoms with van der Waals surface area (Å²) in [6, 6.07) is 5.66. The Bertz CT molecular complexity index is 547. The molecular weight excluding hydrogens is 269 g/mol. The van der Waals surface area contributed by atoms with Gasteiger partial charge in [0.2, 0.25) is 0 Å². The number of carbonyl (C=O) groups excluding carboxylic acids is 1. The van der Waals surface area contributed by atoms with E-state index >= 15 is 0 Å². The van der Waals surface area contributed by atoms with Crippen LogP contribution >= 0.6 is 0 Å². The van der Waals surface area contributed by atoms with E-state index in [0.717, 1.165) is 0 Å². The number of benzene rings is 1. The molecule has 6 nitrogen and oxygen atoms in total. The summed E-state index contributed by atoms with van der Waals surface area (Å²) in [5.41, 5.74) is 0.574. The first kappa shape index (κ1) is 17.1. The zero-order chi connectivity index (χ0) is 12.9. The Morgan fingerprint density at radius 1 is 1.33 bits per heavy atom. The van der Waals surface area contributed by atoms with Crippen molar-refractivity contribution >= 4 is 21.8 Å². The molecule has 0 aliphatic heterocycles. The summed E-state index contributed by atoms with van der Waals surface area (Å²) in [6.45, 7) is 6.23. The van der Waals surface area contributed by atoms with Gasteiger partial charge in [0.1, 0.15) is 6.61 Å². The van der Waals surface area contributed by atoms with Crippen LogP contribution in [0.1, 0.15) is 10.4 Å². The molecule has 8 heteroatoms. The number of ether oxygens (including phenoxy) is 1. The largest absolute Gasteiger partial charge is 1.00 e. The smallest absolute Gasteiger partial charge is 0.748 e. The number of nitrogens with zero attached hydrogens (tertiary/aromatic N) is 1. The van der Waals surface area contributed by atoms with Gasteiger partial charge in [-0.15, -0.1) is 0 Å². The zero-order valence-electron chi connectivity index (χ0n) is 9.62. The van der Waals surface area contributed by atoms with Crippen LogP contribution in [-0.2, 0) is 14.9 Å². The van der Waals surface area contributed by atoms with Crippen molar-refractivity contribution in [2.45, 2.75) is 0 Å². The van der Waals surface area contributed by atoms with E-state index < -0.39 is 28.4 Å². The molecule has 0 saturated heterocycles. The second kappa shape index (κ2) is 7.51. The minimum absolute atomic E-state index is 0.